The number of Topliss-reactive ketones (excluding diaryl/α,β-unsaturated/α-hetero) is 1. The highest BCUT2D eigenvalue weighted by Crippen LogP contribution is 2.41. The number of hydrogen-bond donors (Lipinski definition) is 1. The largest absolute Gasteiger partial charge is 0.444 e. The van der Waals surface area contributed by atoms with Crippen LogP contribution in [-0.2, 0) is 52.3 Å². The Morgan fingerprint density at radius 2 is 1.28 bits per heavy atom. The summed E-state index contributed by atoms with van der Waals surface area (Å²) in [5.41, 5.74) is 7.88. The van der Waals surface area contributed by atoms with Crippen LogP contribution in [0.4, 0.5) is 4.79 Å². The molecular weight excluding hydrogens is 921 g/mol. The van der Waals surface area contributed by atoms with Crippen LogP contribution in [0.1, 0.15) is 94.5 Å². The molecule has 0 unspecified atom stereocenters. The third-order valence-corrected chi connectivity index (χ3v) is 15.0. The molecule has 71 heavy (non-hydrogen) atoms. The van der Waals surface area contributed by atoms with Gasteiger partial charge in [-0.15, -0.1) is 22.7 Å². The minimum Gasteiger partial charge on any atom is -0.444 e. The highest BCUT2D eigenvalue weighted by molar-refractivity contribution is 7.09. The number of carbonyl (C=O) groups is 3. The van der Waals surface area contributed by atoms with Crippen LogP contribution in [0.3, 0.4) is 0 Å². The summed E-state index contributed by atoms with van der Waals surface area (Å²) < 4.78 is 7.79. The predicted molar refractivity (Wildman–Crippen MR) is 283 cm³/mol. The summed E-state index contributed by atoms with van der Waals surface area (Å²) >= 11 is 3.04. The van der Waals surface area contributed by atoms with Gasteiger partial charge in [0.05, 0.1) is 39.7 Å². The number of imidazole rings is 1. The number of benzene rings is 5. The molecule has 10 nitrogen and oxygen atoms in total. The normalized spacial score (nSPS) is 12.8. The van der Waals surface area contributed by atoms with Gasteiger partial charge >= 0.3 is 6.09 Å². The number of ketones is 1. The Labute approximate surface area is 425 Å². The van der Waals surface area contributed by atoms with E-state index >= 15 is 4.79 Å². The molecule has 0 saturated carbocycles. The van der Waals surface area contributed by atoms with Crippen molar-refractivity contribution in [3.63, 3.8) is 0 Å². The van der Waals surface area contributed by atoms with Gasteiger partial charge in [-0.05, 0) is 59.4 Å². The summed E-state index contributed by atoms with van der Waals surface area (Å²) in [7, 11) is 1.79. The molecule has 5 aromatic carbocycles. The summed E-state index contributed by atoms with van der Waals surface area (Å²) in [4.78, 5) is 59.4. The molecular formula is C59H62N6O4S2. The molecule has 364 valence electrons. The third kappa shape index (κ3) is 13.4. The average molecular weight is 983 g/mol. The van der Waals surface area contributed by atoms with E-state index in [9.17, 15) is 9.59 Å². The van der Waals surface area contributed by atoms with Crippen molar-refractivity contribution in [2.24, 2.45) is 11.8 Å². The van der Waals surface area contributed by atoms with Crippen LogP contribution in [0.5, 0.6) is 0 Å². The van der Waals surface area contributed by atoms with Gasteiger partial charge in [0, 0.05) is 62.0 Å². The molecule has 3 aromatic heterocycles. The number of aromatic nitrogens is 4. The van der Waals surface area contributed by atoms with Crippen LogP contribution in [0, 0.1) is 11.8 Å². The summed E-state index contributed by atoms with van der Waals surface area (Å²) in [5, 5.41) is 6.19. The zero-order valence-corrected chi connectivity index (χ0v) is 42.3. The molecule has 0 fully saturated rings. The van der Waals surface area contributed by atoms with Gasteiger partial charge < -0.3 is 19.5 Å². The lowest BCUT2D eigenvalue weighted by atomic mass is 9.76. The molecule has 12 heteroatoms. The summed E-state index contributed by atoms with van der Waals surface area (Å²) in [5.74, 6) is -0.574. The maximum atomic E-state index is 15.2. The molecule has 8 rings (SSSR count). The van der Waals surface area contributed by atoms with Crippen molar-refractivity contribution < 1.29 is 19.1 Å². The second kappa shape index (κ2) is 24.7. The molecule has 0 spiro atoms. The monoisotopic (exact) mass is 982 g/mol. The van der Waals surface area contributed by atoms with E-state index in [1.165, 1.54) is 11.3 Å². The van der Waals surface area contributed by atoms with Crippen molar-refractivity contribution in [2.75, 3.05) is 7.05 Å². The molecule has 3 heterocycles. The second-order valence-corrected chi connectivity index (χ2v) is 20.5. The van der Waals surface area contributed by atoms with E-state index in [0.29, 0.717) is 32.2 Å². The fraction of sp³-hybridized carbons (Fsp3) is 0.288. The van der Waals surface area contributed by atoms with Crippen molar-refractivity contribution in [1.82, 2.24) is 29.7 Å². The van der Waals surface area contributed by atoms with Gasteiger partial charge in [0.1, 0.15) is 17.9 Å². The fourth-order valence-electron chi connectivity index (χ4n) is 9.44. The number of hydrogen-bond acceptors (Lipinski definition) is 9. The average Bonchev–Trinajstić information content (AvgIpc) is 4.21. The first kappa shape index (κ1) is 50.4. The van der Waals surface area contributed by atoms with Crippen molar-refractivity contribution in [3.05, 3.63) is 230 Å². The molecule has 8 aromatic rings. The van der Waals surface area contributed by atoms with Crippen LogP contribution < -0.4 is 5.32 Å². The second-order valence-electron chi connectivity index (χ2n) is 18.6. The van der Waals surface area contributed by atoms with Gasteiger partial charge in [0.25, 0.3) is 0 Å². The molecule has 2 amide bonds. The minimum absolute atomic E-state index is 0.00922. The van der Waals surface area contributed by atoms with E-state index in [1.807, 2.05) is 66.3 Å². The van der Waals surface area contributed by atoms with Crippen molar-refractivity contribution in [2.45, 2.75) is 89.4 Å². The van der Waals surface area contributed by atoms with E-state index in [2.05, 4.69) is 132 Å². The Balaban J connectivity index is 1.09. The number of amides is 2. The summed E-state index contributed by atoms with van der Waals surface area (Å²) in [6.07, 6.45) is 8.19. The van der Waals surface area contributed by atoms with Gasteiger partial charge in [-0.25, -0.2) is 14.8 Å². The molecule has 0 aliphatic rings. The van der Waals surface area contributed by atoms with E-state index in [4.69, 9.17) is 14.7 Å². The molecule has 0 aliphatic heterocycles. The lowest BCUT2D eigenvalue weighted by Gasteiger charge is -2.37. The smallest absolute Gasteiger partial charge is 0.407 e. The van der Waals surface area contributed by atoms with Gasteiger partial charge in [-0.3, -0.25) is 14.6 Å². The number of ether oxygens (including phenoxy) is 1. The Hall–Kier alpha value is -7.02. The van der Waals surface area contributed by atoms with Gasteiger partial charge in [0.15, 0.2) is 0 Å². The SMILES string of the molecule is CC(C)c1nc(CN(C)C(=O)C[C@@H](Cc2cn(C(c3ccccc3)(c3ccccc3)c3ccccc3)cn2)C(=O)C[C@@H](CC[C@@H](Cc2ccccc2)NC(=O)OCc2cncs2)Cc2ccccc2)cs1. The predicted octanol–water partition coefficient (Wildman–Crippen LogP) is 12.1. The van der Waals surface area contributed by atoms with Crippen LogP contribution in [-0.4, -0.2) is 55.3 Å². The number of thiazole rings is 2. The molecule has 0 bridgehead atoms. The maximum Gasteiger partial charge on any atom is 0.407 e. The number of carbonyl (C=O) groups excluding carboxylic acids is 3. The van der Waals surface area contributed by atoms with Crippen LogP contribution in [0.2, 0.25) is 0 Å². The molecule has 3 atom stereocenters. The molecule has 0 saturated heterocycles. The molecule has 0 aliphatic carbocycles. The Morgan fingerprint density at radius 3 is 1.83 bits per heavy atom. The molecule has 1 N–H and O–H groups in total. The van der Waals surface area contributed by atoms with Crippen LogP contribution in [0.15, 0.2) is 181 Å². The lowest BCUT2D eigenvalue weighted by molar-refractivity contribution is -0.135. The lowest BCUT2D eigenvalue weighted by Crippen LogP contribution is -2.37. The van der Waals surface area contributed by atoms with Crippen LogP contribution >= 0.6 is 22.7 Å². The van der Waals surface area contributed by atoms with Crippen molar-refractivity contribution in [1.29, 1.82) is 0 Å². The summed E-state index contributed by atoms with van der Waals surface area (Å²) in [6.45, 7) is 4.72. The molecule has 0 radical (unpaired) electrons. The first-order valence-electron chi connectivity index (χ1n) is 24.4. The number of rotatable bonds is 24. The minimum atomic E-state index is -0.786. The Kier molecular flexibility index (Phi) is 17.5. The van der Waals surface area contributed by atoms with E-state index in [-0.39, 0.29) is 55.4 Å². The topological polar surface area (TPSA) is 119 Å². The van der Waals surface area contributed by atoms with Crippen molar-refractivity contribution in [3.8, 4) is 0 Å². The van der Waals surface area contributed by atoms with Gasteiger partial charge in [-0.2, -0.15) is 0 Å². The first-order valence-corrected chi connectivity index (χ1v) is 26.2. The quantitative estimate of drug-likeness (QED) is 0.0599. The highest BCUT2D eigenvalue weighted by atomic mass is 32.1. The standard InChI is InChI=1S/C59H62N6O4S2/c1-43(2)57-62-53(40-70-57)37-64(3)56(67)35-47(34-52-38-65(41-61-52)59(48-23-13-6-14-24-48,49-25-15-7-16-26-49)50-27-17-8-18-28-50)55(66)33-46(31-44-19-9-4-10-20-44)29-30-51(32-45-21-11-5-12-22-45)63-58(68)69-39-54-36-60-42-71-54/h4-28,36,38,40-43,46-47,51H,29-35,37,39H2,1-3H3,(H,63,68)/t46-,47+,51-/m0/s1. The van der Waals surface area contributed by atoms with Gasteiger partial charge in [-0.1, -0.05) is 166 Å². The number of alkyl carbamates (subject to hydrolysis) is 1. The van der Waals surface area contributed by atoms with Crippen LogP contribution in [0.25, 0.3) is 0 Å². The van der Waals surface area contributed by atoms with E-state index < -0.39 is 17.6 Å². The zero-order chi connectivity index (χ0) is 49.4. The number of nitrogens with one attached hydrogen (secondary N) is 1. The maximum absolute atomic E-state index is 15.2. The van der Waals surface area contributed by atoms with E-state index in [0.717, 1.165) is 49.1 Å². The fourth-order valence-corrected chi connectivity index (χ4v) is 10.8. The Morgan fingerprint density at radius 1 is 0.704 bits per heavy atom. The zero-order valence-electron chi connectivity index (χ0n) is 40.7. The Bertz CT molecular complexity index is 2780. The first-order chi connectivity index (χ1) is 34.6. The van der Waals surface area contributed by atoms with E-state index in [1.54, 1.807) is 35.0 Å². The van der Waals surface area contributed by atoms with Crippen molar-refractivity contribution >= 4 is 40.5 Å². The number of nitrogens with zero attached hydrogens (tertiary/aromatic N) is 5. The third-order valence-electron chi connectivity index (χ3n) is 13.1. The van der Waals surface area contributed by atoms with Gasteiger partial charge in [0.2, 0.25) is 5.91 Å². The summed E-state index contributed by atoms with van der Waals surface area (Å²) in [6, 6.07) is 51.4. The highest BCUT2D eigenvalue weighted by Gasteiger charge is 2.39.